The van der Waals surface area contributed by atoms with Crippen LogP contribution in [0, 0.1) is 0 Å². The van der Waals surface area contributed by atoms with Gasteiger partial charge in [-0.15, -0.1) is 0 Å². The Kier molecular flexibility index (Phi) is 13.5. The Morgan fingerprint density at radius 3 is 1.86 bits per heavy atom. The van der Waals surface area contributed by atoms with Crippen molar-refractivity contribution in [1.82, 2.24) is 0 Å². The first-order chi connectivity index (χ1) is 10.1. The van der Waals surface area contributed by atoms with Gasteiger partial charge in [0.05, 0.1) is 0 Å². The number of nitrogens with two attached hydrogens (primary N) is 1. The molecule has 0 spiro atoms. The summed E-state index contributed by atoms with van der Waals surface area (Å²) in [6, 6.07) is 0. The van der Waals surface area contributed by atoms with Crippen molar-refractivity contribution in [2.75, 3.05) is 0 Å². The largest absolute Gasteiger partial charge is 0.446 e. The Bertz CT molecular complexity index is 279. The van der Waals surface area contributed by atoms with Gasteiger partial charge in [-0.2, -0.15) is 0 Å². The molecule has 0 fully saturated rings. The van der Waals surface area contributed by atoms with Gasteiger partial charge < -0.3 is 4.74 Å². The van der Waals surface area contributed by atoms with Crippen LogP contribution in [0.15, 0.2) is 0 Å². The molecule has 1 unspecified atom stereocenters. The van der Waals surface area contributed by atoms with Gasteiger partial charge in [-0.05, 0) is 19.8 Å². The van der Waals surface area contributed by atoms with Crippen molar-refractivity contribution in [3.8, 4) is 0 Å². The average Bonchev–Trinajstić information content (AvgIpc) is 2.39. The summed E-state index contributed by atoms with van der Waals surface area (Å²) < 4.78 is 4.96. The number of esters is 1. The zero-order valence-electron chi connectivity index (χ0n) is 13.9. The Labute approximate surface area is 129 Å². The molecule has 0 saturated carbocycles. The SMILES string of the molecule is CCCCCCCCCCCCC(N)OC(=O)CC(C)=O. The second-order valence-corrected chi connectivity index (χ2v) is 5.88. The fourth-order valence-corrected chi connectivity index (χ4v) is 2.31. The fraction of sp³-hybridized carbons (Fsp3) is 0.882. The zero-order valence-corrected chi connectivity index (χ0v) is 13.9. The number of hydrogen-bond acceptors (Lipinski definition) is 4. The summed E-state index contributed by atoms with van der Waals surface area (Å²) in [5.41, 5.74) is 5.70. The van der Waals surface area contributed by atoms with Crippen LogP contribution in [0.1, 0.15) is 90.9 Å². The minimum Gasteiger partial charge on any atom is -0.446 e. The van der Waals surface area contributed by atoms with E-state index in [0.717, 1.165) is 12.8 Å². The smallest absolute Gasteiger partial charge is 0.314 e. The van der Waals surface area contributed by atoms with Crippen molar-refractivity contribution in [2.24, 2.45) is 5.73 Å². The van der Waals surface area contributed by atoms with Crippen LogP contribution in [0.4, 0.5) is 0 Å². The van der Waals surface area contributed by atoms with Crippen molar-refractivity contribution in [2.45, 2.75) is 97.1 Å². The number of ether oxygens (including phenoxy) is 1. The molecule has 4 nitrogen and oxygen atoms in total. The van der Waals surface area contributed by atoms with Crippen molar-refractivity contribution >= 4 is 11.8 Å². The van der Waals surface area contributed by atoms with Gasteiger partial charge in [-0.3, -0.25) is 15.3 Å². The van der Waals surface area contributed by atoms with Crippen LogP contribution in [0.25, 0.3) is 0 Å². The Morgan fingerprint density at radius 2 is 1.38 bits per heavy atom. The fourth-order valence-electron chi connectivity index (χ4n) is 2.31. The van der Waals surface area contributed by atoms with Crippen LogP contribution in [-0.4, -0.2) is 18.0 Å². The van der Waals surface area contributed by atoms with E-state index in [0.29, 0.717) is 6.42 Å². The number of carbonyl (C=O) groups is 2. The Morgan fingerprint density at radius 1 is 0.905 bits per heavy atom. The van der Waals surface area contributed by atoms with E-state index in [-0.39, 0.29) is 12.2 Å². The first-order valence-corrected chi connectivity index (χ1v) is 8.50. The third-order valence-electron chi connectivity index (χ3n) is 3.52. The average molecular weight is 299 g/mol. The first-order valence-electron chi connectivity index (χ1n) is 8.50. The molecule has 124 valence electrons. The van der Waals surface area contributed by atoms with E-state index >= 15 is 0 Å². The summed E-state index contributed by atoms with van der Waals surface area (Å²) in [4.78, 5) is 22.0. The molecule has 0 amide bonds. The summed E-state index contributed by atoms with van der Waals surface area (Å²) in [5.74, 6) is -0.701. The lowest BCUT2D eigenvalue weighted by Gasteiger charge is -2.12. The van der Waals surface area contributed by atoms with E-state index in [1.165, 1.54) is 58.3 Å². The molecule has 0 heterocycles. The lowest BCUT2D eigenvalue weighted by atomic mass is 10.1. The molecule has 0 aromatic carbocycles. The highest BCUT2D eigenvalue weighted by molar-refractivity contribution is 5.94. The maximum Gasteiger partial charge on any atom is 0.314 e. The van der Waals surface area contributed by atoms with Crippen molar-refractivity contribution in [1.29, 1.82) is 0 Å². The van der Waals surface area contributed by atoms with E-state index in [4.69, 9.17) is 10.5 Å². The summed E-state index contributed by atoms with van der Waals surface area (Å²) in [7, 11) is 0. The molecule has 0 aromatic rings. The summed E-state index contributed by atoms with van der Waals surface area (Å²) in [6.07, 6.45) is 12.6. The highest BCUT2D eigenvalue weighted by Gasteiger charge is 2.11. The van der Waals surface area contributed by atoms with Crippen LogP contribution in [0.2, 0.25) is 0 Å². The molecule has 0 aliphatic heterocycles. The second-order valence-electron chi connectivity index (χ2n) is 5.88. The van der Waals surface area contributed by atoms with Crippen molar-refractivity contribution in [3.63, 3.8) is 0 Å². The summed E-state index contributed by atoms with van der Waals surface area (Å²) in [5, 5.41) is 0. The monoisotopic (exact) mass is 299 g/mol. The van der Waals surface area contributed by atoms with Gasteiger partial charge in [0.2, 0.25) is 0 Å². The minimum absolute atomic E-state index is 0.175. The molecule has 4 heteroatoms. The topological polar surface area (TPSA) is 69.4 Å². The van der Waals surface area contributed by atoms with Gasteiger partial charge in [0, 0.05) is 0 Å². The van der Waals surface area contributed by atoms with E-state index in [2.05, 4.69) is 6.92 Å². The molecule has 21 heavy (non-hydrogen) atoms. The number of carbonyl (C=O) groups excluding carboxylic acids is 2. The van der Waals surface area contributed by atoms with Crippen LogP contribution >= 0.6 is 0 Å². The van der Waals surface area contributed by atoms with E-state index in [9.17, 15) is 9.59 Å². The van der Waals surface area contributed by atoms with Gasteiger partial charge in [-0.1, -0.05) is 64.7 Å². The van der Waals surface area contributed by atoms with E-state index < -0.39 is 12.2 Å². The summed E-state index contributed by atoms with van der Waals surface area (Å²) in [6.45, 7) is 3.61. The van der Waals surface area contributed by atoms with Crippen LogP contribution < -0.4 is 5.73 Å². The van der Waals surface area contributed by atoms with Crippen molar-refractivity contribution < 1.29 is 14.3 Å². The lowest BCUT2D eigenvalue weighted by Crippen LogP contribution is -2.27. The molecule has 0 radical (unpaired) electrons. The molecule has 0 aliphatic rings. The van der Waals surface area contributed by atoms with Gasteiger partial charge in [-0.25, -0.2) is 0 Å². The van der Waals surface area contributed by atoms with Crippen LogP contribution in [0.5, 0.6) is 0 Å². The van der Waals surface area contributed by atoms with Crippen LogP contribution in [0.3, 0.4) is 0 Å². The third-order valence-corrected chi connectivity index (χ3v) is 3.52. The minimum atomic E-state index is -0.564. The molecule has 0 aliphatic carbocycles. The predicted molar refractivity (Wildman–Crippen MR) is 85.8 cm³/mol. The van der Waals surface area contributed by atoms with Gasteiger partial charge >= 0.3 is 5.97 Å². The molecular weight excluding hydrogens is 266 g/mol. The van der Waals surface area contributed by atoms with E-state index in [1.54, 1.807) is 0 Å². The maximum absolute atomic E-state index is 11.2. The predicted octanol–water partition coefficient (Wildman–Crippen LogP) is 4.10. The first kappa shape index (κ1) is 20.1. The highest BCUT2D eigenvalue weighted by Crippen LogP contribution is 2.12. The number of rotatable bonds is 14. The number of Topliss-reactive ketones (excluding diaryl/α,β-unsaturated/α-hetero) is 1. The standard InChI is InChI=1S/C17H33NO3/c1-3-4-5-6-7-8-9-10-11-12-13-16(18)21-17(20)14-15(2)19/h16H,3-14,18H2,1-2H3. The molecule has 0 saturated heterocycles. The van der Waals surface area contributed by atoms with Crippen molar-refractivity contribution in [3.05, 3.63) is 0 Å². The molecule has 0 bridgehead atoms. The number of unbranched alkanes of at least 4 members (excludes halogenated alkanes) is 9. The molecule has 0 rings (SSSR count). The second kappa shape index (κ2) is 14.1. The van der Waals surface area contributed by atoms with Gasteiger partial charge in [0.1, 0.15) is 12.2 Å². The van der Waals surface area contributed by atoms with E-state index in [1.807, 2.05) is 0 Å². The van der Waals surface area contributed by atoms with Gasteiger partial charge in [0.15, 0.2) is 6.23 Å². The molecule has 2 N–H and O–H groups in total. The maximum atomic E-state index is 11.2. The molecule has 1 atom stereocenters. The highest BCUT2D eigenvalue weighted by atomic mass is 16.6. The van der Waals surface area contributed by atoms with Gasteiger partial charge in [0.25, 0.3) is 0 Å². The quantitative estimate of drug-likeness (QED) is 0.227. The lowest BCUT2D eigenvalue weighted by molar-refractivity contribution is -0.150. The summed E-state index contributed by atoms with van der Waals surface area (Å²) >= 11 is 0. The molecular formula is C17H33NO3. The third kappa shape index (κ3) is 15.3. The number of hydrogen-bond donors (Lipinski definition) is 1. The zero-order chi connectivity index (χ0) is 15.9. The molecule has 0 aromatic heterocycles. The van der Waals surface area contributed by atoms with Crippen LogP contribution in [-0.2, 0) is 14.3 Å². The Hall–Kier alpha value is -0.900. The normalized spacial score (nSPS) is 12.1. The number of ketones is 1. The Balaban J connectivity index is 3.30.